The molecular weight excluding hydrogens is 251 g/mol. The van der Waals surface area contributed by atoms with Crippen molar-refractivity contribution < 1.29 is 22.8 Å². The molecule has 0 saturated heterocycles. The van der Waals surface area contributed by atoms with Crippen LogP contribution in [0, 0.1) is 0 Å². The molecule has 0 saturated carbocycles. The molecule has 0 bridgehead atoms. The van der Waals surface area contributed by atoms with Crippen LogP contribution in [0.15, 0.2) is 24.3 Å². The van der Waals surface area contributed by atoms with Crippen LogP contribution in [0.3, 0.4) is 0 Å². The van der Waals surface area contributed by atoms with Gasteiger partial charge < -0.3 is 5.32 Å². The Kier molecular flexibility index (Phi) is 4.27. The summed E-state index contributed by atoms with van der Waals surface area (Å²) in [5, 5.41) is 2.16. The molecule has 0 atom stereocenters. The summed E-state index contributed by atoms with van der Waals surface area (Å²) in [5.74, 6) is 3.28. The molecule has 4 N–H and O–H groups in total. The summed E-state index contributed by atoms with van der Waals surface area (Å²) < 4.78 is 37.1. The maximum Gasteiger partial charge on any atom is 0.416 e. The molecule has 0 fully saturated rings. The van der Waals surface area contributed by atoms with E-state index in [1.165, 1.54) is 6.07 Å². The van der Waals surface area contributed by atoms with Crippen molar-refractivity contribution in [2.24, 2.45) is 5.84 Å². The van der Waals surface area contributed by atoms with Gasteiger partial charge in [-0.2, -0.15) is 13.2 Å². The smallest absolute Gasteiger partial charge is 0.326 e. The zero-order valence-electron chi connectivity index (χ0n) is 9.04. The highest BCUT2D eigenvalue weighted by Crippen LogP contribution is 2.30. The van der Waals surface area contributed by atoms with E-state index in [0.29, 0.717) is 0 Å². The Hall–Kier alpha value is -2.09. The van der Waals surface area contributed by atoms with E-state index in [4.69, 9.17) is 5.84 Å². The number of rotatable bonds is 3. The monoisotopic (exact) mass is 261 g/mol. The molecule has 0 spiro atoms. The van der Waals surface area contributed by atoms with Crippen LogP contribution in [0.1, 0.15) is 12.0 Å². The van der Waals surface area contributed by atoms with Crippen LogP contribution in [-0.4, -0.2) is 11.8 Å². The second kappa shape index (κ2) is 5.50. The summed E-state index contributed by atoms with van der Waals surface area (Å²) in [4.78, 5) is 22.0. The fourth-order valence-corrected chi connectivity index (χ4v) is 1.18. The third-order valence-electron chi connectivity index (χ3n) is 1.96. The molecule has 1 aromatic carbocycles. The minimum Gasteiger partial charge on any atom is -0.326 e. The lowest BCUT2D eigenvalue weighted by molar-refractivity contribution is -0.137. The van der Waals surface area contributed by atoms with Crippen molar-refractivity contribution in [1.29, 1.82) is 0 Å². The van der Waals surface area contributed by atoms with Crippen molar-refractivity contribution >= 4 is 17.5 Å². The predicted molar refractivity (Wildman–Crippen MR) is 57.0 cm³/mol. The second-order valence-corrected chi connectivity index (χ2v) is 3.37. The van der Waals surface area contributed by atoms with Crippen LogP contribution in [0.25, 0.3) is 0 Å². The number of hydrazine groups is 1. The van der Waals surface area contributed by atoms with E-state index < -0.39 is 30.0 Å². The first kappa shape index (κ1) is 14.0. The van der Waals surface area contributed by atoms with E-state index in [0.717, 1.165) is 18.2 Å². The first-order valence-corrected chi connectivity index (χ1v) is 4.79. The number of halogens is 3. The lowest BCUT2D eigenvalue weighted by atomic mass is 10.2. The number of hydrogen-bond acceptors (Lipinski definition) is 3. The number of amides is 2. The minimum atomic E-state index is -4.49. The highest BCUT2D eigenvalue weighted by molar-refractivity contribution is 6.03. The molecule has 8 heteroatoms. The molecule has 5 nitrogen and oxygen atoms in total. The van der Waals surface area contributed by atoms with Crippen molar-refractivity contribution in [2.75, 3.05) is 5.32 Å². The van der Waals surface area contributed by atoms with E-state index >= 15 is 0 Å². The largest absolute Gasteiger partial charge is 0.416 e. The van der Waals surface area contributed by atoms with Crippen LogP contribution in [0.5, 0.6) is 0 Å². The standard InChI is InChI=1S/C10H10F3N3O2/c11-10(12,13)6-2-1-3-7(4-6)15-8(17)5-9(18)16-14/h1-4H,5,14H2,(H,15,17)(H,16,18). The van der Waals surface area contributed by atoms with E-state index in [1.807, 2.05) is 0 Å². The number of hydrogen-bond donors (Lipinski definition) is 3. The molecule has 0 unspecified atom stereocenters. The fraction of sp³-hybridized carbons (Fsp3) is 0.200. The lowest BCUT2D eigenvalue weighted by Crippen LogP contribution is -2.33. The minimum absolute atomic E-state index is 0.0420. The average molecular weight is 261 g/mol. The summed E-state index contributed by atoms with van der Waals surface area (Å²) in [6.45, 7) is 0. The third-order valence-corrected chi connectivity index (χ3v) is 1.96. The van der Waals surface area contributed by atoms with Gasteiger partial charge in [0.05, 0.1) is 5.56 Å². The average Bonchev–Trinajstić information content (AvgIpc) is 2.27. The molecule has 0 aliphatic rings. The van der Waals surface area contributed by atoms with Crippen molar-refractivity contribution in [3.05, 3.63) is 29.8 Å². The Morgan fingerprint density at radius 2 is 1.89 bits per heavy atom. The Bertz CT molecular complexity index is 460. The van der Waals surface area contributed by atoms with Gasteiger partial charge in [-0.05, 0) is 18.2 Å². The lowest BCUT2D eigenvalue weighted by Gasteiger charge is -2.09. The molecule has 0 aliphatic heterocycles. The van der Waals surface area contributed by atoms with Gasteiger partial charge in [-0.1, -0.05) is 6.07 Å². The van der Waals surface area contributed by atoms with Gasteiger partial charge in [-0.15, -0.1) is 0 Å². The number of alkyl halides is 3. The van der Waals surface area contributed by atoms with Crippen molar-refractivity contribution in [3.63, 3.8) is 0 Å². The van der Waals surface area contributed by atoms with Crippen molar-refractivity contribution in [3.8, 4) is 0 Å². The molecule has 1 rings (SSSR count). The number of carbonyl (C=O) groups excluding carboxylic acids is 2. The number of anilines is 1. The first-order chi connectivity index (χ1) is 8.32. The molecule has 1 aromatic rings. The number of nitrogens with two attached hydrogens (primary N) is 1. The molecule has 0 heterocycles. The van der Waals surface area contributed by atoms with E-state index in [-0.39, 0.29) is 5.69 Å². The fourth-order valence-electron chi connectivity index (χ4n) is 1.18. The Morgan fingerprint density at radius 1 is 1.22 bits per heavy atom. The summed E-state index contributed by atoms with van der Waals surface area (Å²) >= 11 is 0. The second-order valence-electron chi connectivity index (χ2n) is 3.37. The number of carbonyl (C=O) groups is 2. The van der Waals surface area contributed by atoms with E-state index in [9.17, 15) is 22.8 Å². The highest BCUT2D eigenvalue weighted by atomic mass is 19.4. The summed E-state index contributed by atoms with van der Waals surface area (Å²) in [6, 6.07) is 4.09. The van der Waals surface area contributed by atoms with Gasteiger partial charge >= 0.3 is 6.18 Å². The van der Waals surface area contributed by atoms with Crippen LogP contribution in [-0.2, 0) is 15.8 Å². The molecular formula is C10H10F3N3O2. The molecule has 98 valence electrons. The van der Waals surface area contributed by atoms with Crippen molar-refractivity contribution in [2.45, 2.75) is 12.6 Å². The maximum atomic E-state index is 12.4. The van der Waals surface area contributed by atoms with E-state index in [2.05, 4.69) is 5.32 Å². The summed E-state index contributed by atoms with van der Waals surface area (Å²) in [7, 11) is 0. The summed E-state index contributed by atoms with van der Waals surface area (Å²) in [5.41, 5.74) is 0.810. The van der Waals surface area contributed by atoms with Gasteiger partial charge in [0.15, 0.2) is 0 Å². The quantitative estimate of drug-likeness (QED) is 0.329. The van der Waals surface area contributed by atoms with E-state index in [1.54, 1.807) is 5.43 Å². The van der Waals surface area contributed by atoms with Crippen LogP contribution >= 0.6 is 0 Å². The van der Waals surface area contributed by atoms with Crippen molar-refractivity contribution in [1.82, 2.24) is 5.43 Å². The summed E-state index contributed by atoms with van der Waals surface area (Å²) in [6.07, 6.45) is -5.05. The SMILES string of the molecule is NNC(=O)CC(=O)Nc1cccc(C(F)(F)F)c1. The zero-order valence-corrected chi connectivity index (χ0v) is 9.04. The number of benzene rings is 1. The highest BCUT2D eigenvalue weighted by Gasteiger charge is 2.30. The van der Waals surface area contributed by atoms with Gasteiger partial charge in [0.2, 0.25) is 11.8 Å². The Labute approximate surface area is 100 Å². The van der Waals surface area contributed by atoms with Gasteiger partial charge in [-0.3, -0.25) is 15.0 Å². The van der Waals surface area contributed by atoms with Gasteiger partial charge in [0.1, 0.15) is 6.42 Å². The Balaban J connectivity index is 2.74. The normalized spacial score (nSPS) is 10.9. The molecule has 18 heavy (non-hydrogen) atoms. The van der Waals surface area contributed by atoms with Crippen LogP contribution < -0.4 is 16.6 Å². The molecule has 0 aliphatic carbocycles. The first-order valence-electron chi connectivity index (χ1n) is 4.79. The molecule has 0 radical (unpaired) electrons. The van der Waals surface area contributed by atoms with Gasteiger partial charge in [0, 0.05) is 5.69 Å². The van der Waals surface area contributed by atoms with Gasteiger partial charge in [0.25, 0.3) is 0 Å². The number of nitrogens with one attached hydrogen (secondary N) is 2. The Morgan fingerprint density at radius 3 is 2.44 bits per heavy atom. The third kappa shape index (κ3) is 4.06. The predicted octanol–water partition coefficient (Wildman–Crippen LogP) is 1.02. The molecule has 0 aromatic heterocycles. The topological polar surface area (TPSA) is 84.2 Å². The zero-order chi connectivity index (χ0) is 13.8. The van der Waals surface area contributed by atoms with Gasteiger partial charge in [-0.25, -0.2) is 5.84 Å². The maximum absolute atomic E-state index is 12.4. The van der Waals surface area contributed by atoms with Crippen LogP contribution in [0.2, 0.25) is 0 Å². The molecule has 2 amide bonds. The van der Waals surface area contributed by atoms with Crippen LogP contribution in [0.4, 0.5) is 18.9 Å².